The molecular weight excluding hydrogens is 328 g/mol. The minimum absolute atomic E-state index is 0.131. The van der Waals surface area contributed by atoms with Gasteiger partial charge in [-0.3, -0.25) is 9.48 Å². The summed E-state index contributed by atoms with van der Waals surface area (Å²) < 4.78 is 32.8. The molecule has 0 aliphatic heterocycles. The summed E-state index contributed by atoms with van der Waals surface area (Å²) in [5.41, 5.74) is 1.12. The Bertz CT molecular complexity index is 705. The minimum Gasteiger partial charge on any atom is -0.491 e. The number of rotatable bonds is 7. The summed E-state index contributed by atoms with van der Waals surface area (Å²) >= 11 is 0. The van der Waals surface area contributed by atoms with E-state index in [0.717, 1.165) is 31.4 Å². The van der Waals surface area contributed by atoms with E-state index in [1.807, 2.05) is 6.07 Å². The third-order valence-electron chi connectivity index (χ3n) is 4.71. The molecule has 3 rings (SSSR count). The van der Waals surface area contributed by atoms with Gasteiger partial charge in [-0.2, -0.15) is 5.10 Å². The van der Waals surface area contributed by atoms with Gasteiger partial charge in [0.2, 0.25) is 0 Å². The van der Waals surface area contributed by atoms with Crippen LogP contribution in [-0.4, -0.2) is 34.1 Å². The highest BCUT2D eigenvalue weighted by Crippen LogP contribution is 2.38. The first-order valence-corrected chi connectivity index (χ1v) is 8.52. The number of hydrogen-bond donors (Lipinski definition) is 0. The van der Waals surface area contributed by atoms with Gasteiger partial charge in [0.25, 0.3) is 6.43 Å². The summed E-state index contributed by atoms with van der Waals surface area (Å²) in [4.78, 5) is 15.0. The number of ether oxygens (including phenoxy) is 1. The van der Waals surface area contributed by atoms with E-state index in [-0.39, 0.29) is 24.1 Å². The molecule has 25 heavy (non-hydrogen) atoms. The monoisotopic (exact) mass is 349 g/mol. The molecule has 2 unspecified atom stereocenters. The number of hydrogen-bond acceptors (Lipinski definition) is 4. The maximum Gasteiger partial charge on any atom is 0.257 e. The molecule has 0 spiro atoms. The average molecular weight is 349 g/mol. The summed E-state index contributed by atoms with van der Waals surface area (Å²) in [7, 11) is 0. The molecule has 1 saturated carbocycles. The van der Waals surface area contributed by atoms with Gasteiger partial charge >= 0.3 is 0 Å². The summed E-state index contributed by atoms with van der Waals surface area (Å²) in [6, 6.07) is 5.26. The van der Waals surface area contributed by atoms with Gasteiger partial charge in [0.1, 0.15) is 18.0 Å². The molecule has 0 radical (unpaired) electrons. The second-order valence-electron chi connectivity index (χ2n) is 6.30. The van der Waals surface area contributed by atoms with Gasteiger partial charge in [0.15, 0.2) is 6.29 Å². The molecule has 2 heterocycles. The number of aldehydes is 1. The van der Waals surface area contributed by atoms with Crippen LogP contribution in [0, 0.1) is 5.92 Å². The molecule has 134 valence electrons. The summed E-state index contributed by atoms with van der Waals surface area (Å²) in [6.07, 6.45) is 5.40. The van der Waals surface area contributed by atoms with Crippen molar-refractivity contribution in [3.05, 3.63) is 42.0 Å². The largest absolute Gasteiger partial charge is 0.491 e. The molecule has 7 heteroatoms. The van der Waals surface area contributed by atoms with Gasteiger partial charge in [0, 0.05) is 29.9 Å². The van der Waals surface area contributed by atoms with Crippen molar-refractivity contribution in [3.63, 3.8) is 0 Å². The highest BCUT2D eigenvalue weighted by Gasteiger charge is 2.30. The van der Waals surface area contributed by atoms with E-state index in [1.165, 1.54) is 4.68 Å². The Morgan fingerprint density at radius 3 is 2.92 bits per heavy atom. The van der Waals surface area contributed by atoms with Crippen molar-refractivity contribution in [1.82, 2.24) is 14.8 Å². The fraction of sp³-hybridized carbons (Fsp3) is 0.500. The highest BCUT2D eigenvalue weighted by molar-refractivity contribution is 5.75. The Morgan fingerprint density at radius 2 is 2.12 bits per heavy atom. The van der Waals surface area contributed by atoms with Crippen LogP contribution < -0.4 is 4.74 Å². The number of pyridine rings is 1. The molecule has 5 nitrogen and oxygen atoms in total. The lowest BCUT2D eigenvalue weighted by atomic mass is 9.78. The van der Waals surface area contributed by atoms with Crippen molar-refractivity contribution in [2.45, 2.75) is 44.6 Å². The van der Waals surface area contributed by atoms with Gasteiger partial charge in [-0.1, -0.05) is 12.8 Å². The smallest absolute Gasteiger partial charge is 0.257 e. The van der Waals surface area contributed by atoms with E-state index < -0.39 is 6.43 Å². The van der Waals surface area contributed by atoms with Gasteiger partial charge in [-0.25, -0.2) is 13.8 Å². The van der Waals surface area contributed by atoms with Crippen LogP contribution >= 0.6 is 0 Å². The summed E-state index contributed by atoms with van der Waals surface area (Å²) in [5, 5.41) is 4.05. The van der Waals surface area contributed by atoms with Crippen LogP contribution in [-0.2, 0) is 6.54 Å². The van der Waals surface area contributed by atoms with Crippen LogP contribution in [0.3, 0.4) is 0 Å². The lowest BCUT2D eigenvalue weighted by Crippen LogP contribution is -2.27. The van der Waals surface area contributed by atoms with Gasteiger partial charge < -0.3 is 4.74 Å². The third-order valence-corrected chi connectivity index (χ3v) is 4.71. The Labute approximate surface area is 145 Å². The number of carbonyl (C=O) groups is 1. The van der Waals surface area contributed by atoms with Crippen LogP contribution in [0.15, 0.2) is 30.6 Å². The van der Waals surface area contributed by atoms with Crippen LogP contribution in [0.2, 0.25) is 0 Å². The molecule has 1 aliphatic rings. The van der Waals surface area contributed by atoms with Crippen molar-refractivity contribution in [3.8, 4) is 5.75 Å². The van der Waals surface area contributed by atoms with Gasteiger partial charge in [0.05, 0.1) is 6.61 Å². The number of halogens is 2. The summed E-state index contributed by atoms with van der Waals surface area (Å²) in [5.74, 6) is 0.788. The second kappa shape index (κ2) is 8.18. The third kappa shape index (κ3) is 4.21. The molecule has 0 bridgehead atoms. The van der Waals surface area contributed by atoms with E-state index in [2.05, 4.69) is 10.1 Å². The van der Waals surface area contributed by atoms with Crippen LogP contribution in [0.25, 0.3) is 0 Å². The van der Waals surface area contributed by atoms with Crippen molar-refractivity contribution in [2.24, 2.45) is 5.92 Å². The maximum atomic E-state index is 12.8. The van der Waals surface area contributed by atoms with Gasteiger partial charge in [-0.15, -0.1) is 0 Å². The number of aromatic nitrogens is 3. The molecule has 1 fully saturated rings. The lowest BCUT2D eigenvalue weighted by molar-refractivity contribution is 0.111. The first-order chi connectivity index (χ1) is 12.2. The zero-order chi connectivity index (χ0) is 17.6. The lowest BCUT2D eigenvalue weighted by Gasteiger charge is -2.32. The first kappa shape index (κ1) is 17.5. The molecule has 0 saturated heterocycles. The van der Waals surface area contributed by atoms with Gasteiger partial charge in [-0.05, 0) is 31.0 Å². The Balaban J connectivity index is 1.73. The maximum absolute atomic E-state index is 12.8. The number of carbonyl (C=O) groups excluding carboxylic acids is 1. The van der Waals surface area contributed by atoms with Crippen LogP contribution in [0.1, 0.15) is 47.8 Å². The van der Waals surface area contributed by atoms with Crippen molar-refractivity contribution in [2.75, 3.05) is 6.61 Å². The zero-order valence-electron chi connectivity index (χ0n) is 13.9. The molecule has 1 aliphatic carbocycles. The second-order valence-corrected chi connectivity index (χ2v) is 6.30. The fourth-order valence-electron chi connectivity index (χ4n) is 3.55. The Morgan fingerprint density at radius 1 is 1.28 bits per heavy atom. The fourth-order valence-corrected chi connectivity index (χ4v) is 3.55. The molecular formula is C18H21F2N3O2. The van der Waals surface area contributed by atoms with Crippen molar-refractivity contribution >= 4 is 6.29 Å². The van der Waals surface area contributed by atoms with E-state index >= 15 is 0 Å². The molecule has 2 aromatic rings. The quantitative estimate of drug-likeness (QED) is 0.715. The van der Waals surface area contributed by atoms with Crippen molar-refractivity contribution < 1.29 is 18.3 Å². The predicted octanol–water partition coefficient (Wildman–Crippen LogP) is 3.71. The first-order valence-electron chi connectivity index (χ1n) is 8.52. The molecule has 2 aromatic heterocycles. The van der Waals surface area contributed by atoms with Crippen LogP contribution in [0.5, 0.6) is 5.75 Å². The van der Waals surface area contributed by atoms with E-state index in [4.69, 9.17) is 4.74 Å². The standard InChI is InChI=1S/C18H21F2N3O2/c19-18(20)10-23-16(7-9-22-23)14-5-2-1-4-13(14)12-25-17-6-3-8-21-15(17)11-24/h3,6-9,11,13-14,18H,1-2,4-5,10,12H2. The van der Waals surface area contributed by atoms with E-state index in [0.29, 0.717) is 18.6 Å². The minimum atomic E-state index is -2.43. The Hall–Kier alpha value is -2.31. The molecule has 0 N–H and O–H groups in total. The Kier molecular flexibility index (Phi) is 5.73. The summed E-state index contributed by atoms with van der Waals surface area (Å²) in [6.45, 7) is 0.0430. The molecule has 2 atom stereocenters. The zero-order valence-corrected chi connectivity index (χ0v) is 13.9. The SMILES string of the molecule is O=Cc1ncccc1OCC1CCCCC1c1ccnn1CC(F)F. The number of nitrogens with zero attached hydrogens (tertiary/aromatic N) is 3. The molecule has 0 amide bonds. The van der Waals surface area contributed by atoms with Crippen molar-refractivity contribution in [1.29, 1.82) is 0 Å². The van der Waals surface area contributed by atoms with E-state index in [9.17, 15) is 13.6 Å². The topological polar surface area (TPSA) is 57.0 Å². The highest BCUT2D eigenvalue weighted by atomic mass is 19.3. The predicted molar refractivity (Wildman–Crippen MR) is 88.0 cm³/mol. The average Bonchev–Trinajstić information content (AvgIpc) is 3.07. The molecule has 0 aromatic carbocycles. The normalized spacial score (nSPS) is 20.6. The number of alkyl halides is 2. The van der Waals surface area contributed by atoms with E-state index in [1.54, 1.807) is 24.5 Å². The van der Waals surface area contributed by atoms with Crippen LogP contribution in [0.4, 0.5) is 8.78 Å².